The van der Waals surface area contributed by atoms with Crippen molar-refractivity contribution in [2.45, 2.75) is 43.9 Å². The Labute approximate surface area is 187 Å². The molecule has 0 radical (unpaired) electrons. The van der Waals surface area contributed by atoms with Crippen LogP contribution in [0.4, 0.5) is 15.8 Å². The second kappa shape index (κ2) is 8.99. The van der Waals surface area contributed by atoms with E-state index in [2.05, 4.69) is 10.6 Å². The van der Waals surface area contributed by atoms with Crippen LogP contribution in [0.5, 0.6) is 0 Å². The highest BCUT2D eigenvalue weighted by molar-refractivity contribution is 7.89. The van der Waals surface area contributed by atoms with Gasteiger partial charge in [0.15, 0.2) is 0 Å². The minimum Gasteiger partial charge on any atom is -0.326 e. The lowest BCUT2D eigenvalue weighted by molar-refractivity contribution is -0.121. The minimum atomic E-state index is -3.78. The van der Waals surface area contributed by atoms with Gasteiger partial charge in [0, 0.05) is 30.9 Å². The van der Waals surface area contributed by atoms with Gasteiger partial charge in [-0.2, -0.15) is 4.31 Å². The van der Waals surface area contributed by atoms with Crippen LogP contribution in [0, 0.1) is 18.7 Å². The minimum absolute atomic E-state index is 0.0689. The first-order valence-corrected chi connectivity index (χ1v) is 12.2. The van der Waals surface area contributed by atoms with E-state index in [9.17, 15) is 22.4 Å². The summed E-state index contributed by atoms with van der Waals surface area (Å²) in [5, 5.41) is 5.61. The van der Waals surface area contributed by atoms with Gasteiger partial charge < -0.3 is 10.6 Å². The normalized spacial score (nSPS) is 19.6. The fourth-order valence-corrected chi connectivity index (χ4v) is 5.81. The molecule has 1 fully saturated rings. The quantitative estimate of drug-likeness (QED) is 0.732. The fourth-order valence-electron chi connectivity index (χ4n) is 4.24. The van der Waals surface area contributed by atoms with Crippen LogP contribution >= 0.6 is 0 Å². The van der Waals surface area contributed by atoms with Crippen LogP contribution in [0.3, 0.4) is 0 Å². The smallest absolute Gasteiger partial charge is 0.243 e. The first-order chi connectivity index (χ1) is 15.2. The zero-order valence-corrected chi connectivity index (χ0v) is 18.7. The summed E-state index contributed by atoms with van der Waals surface area (Å²) >= 11 is 0. The number of benzene rings is 2. The highest BCUT2D eigenvalue weighted by atomic mass is 32.2. The molecule has 2 N–H and O–H groups in total. The van der Waals surface area contributed by atoms with E-state index in [4.69, 9.17) is 0 Å². The summed E-state index contributed by atoms with van der Waals surface area (Å²) in [6, 6.07) is 8.90. The number of halogens is 1. The third-order valence-corrected chi connectivity index (χ3v) is 7.90. The lowest BCUT2D eigenvalue weighted by atomic mass is 9.98. The first kappa shape index (κ1) is 22.4. The molecule has 9 heteroatoms. The SMILES string of the molecule is Cc1cc(F)ccc1NC(=O)[C@H]1CCCN(S(=O)(=O)c2ccc3c(c2)CCCC(=O)N3)C1. The van der Waals surface area contributed by atoms with Crippen LogP contribution < -0.4 is 10.6 Å². The number of carbonyl (C=O) groups is 2. The van der Waals surface area contributed by atoms with Crippen molar-refractivity contribution in [3.63, 3.8) is 0 Å². The molecule has 0 aromatic heterocycles. The number of sulfonamides is 1. The van der Waals surface area contributed by atoms with Gasteiger partial charge in [-0.25, -0.2) is 12.8 Å². The second-order valence-corrected chi connectivity index (χ2v) is 10.3. The Hall–Kier alpha value is -2.78. The summed E-state index contributed by atoms with van der Waals surface area (Å²) < 4.78 is 41.3. The van der Waals surface area contributed by atoms with Crippen molar-refractivity contribution in [1.82, 2.24) is 4.31 Å². The first-order valence-electron chi connectivity index (χ1n) is 10.7. The van der Waals surface area contributed by atoms with Gasteiger partial charge in [0.2, 0.25) is 21.8 Å². The summed E-state index contributed by atoms with van der Waals surface area (Å²) in [6.45, 7) is 2.13. The molecule has 7 nitrogen and oxygen atoms in total. The average molecular weight is 460 g/mol. The molecule has 2 heterocycles. The molecule has 2 aromatic carbocycles. The molecule has 0 aliphatic carbocycles. The molecule has 2 amide bonds. The number of hydrogen-bond donors (Lipinski definition) is 2. The van der Waals surface area contributed by atoms with Crippen LogP contribution in [0.1, 0.15) is 36.8 Å². The maximum absolute atomic E-state index is 13.3. The van der Waals surface area contributed by atoms with Gasteiger partial charge in [-0.3, -0.25) is 9.59 Å². The van der Waals surface area contributed by atoms with E-state index in [1.807, 2.05) is 0 Å². The number of anilines is 2. The van der Waals surface area contributed by atoms with Crippen molar-refractivity contribution in [2.24, 2.45) is 5.92 Å². The van der Waals surface area contributed by atoms with Crippen molar-refractivity contribution < 1.29 is 22.4 Å². The Morgan fingerprint density at radius 2 is 1.97 bits per heavy atom. The number of nitrogens with one attached hydrogen (secondary N) is 2. The van der Waals surface area contributed by atoms with Crippen LogP contribution in [0.2, 0.25) is 0 Å². The van der Waals surface area contributed by atoms with Gasteiger partial charge in [0.1, 0.15) is 5.82 Å². The van der Waals surface area contributed by atoms with Crippen LogP contribution in [0.15, 0.2) is 41.3 Å². The van der Waals surface area contributed by atoms with E-state index in [-0.39, 0.29) is 29.1 Å². The number of carbonyl (C=O) groups excluding carboxylic acids is 2. The lowest BCUT2D eigenvalue weighted by Crippen LogP contribution is -2.43. The topological polar surface area (TPSA) is 95.6 Å². The average Bonchev–Trinajstić information content (AvgIpc) is 2.95. The highest BCUT2D eigenvalue weighted by Gasteiger charge is 2.34. The third-order valence-electron chi connectivity index (χ3n) is 6.04. The van der Waals surface area contributed by atoms with Crippen LogP contribution in [-0.2, 0) is 26.0 Å². The van der Waals surface area contributed by atoms with E-state index in [0.29, 0.717) is 55.6 Å². The van der Waals surface area contributed by atoms with Crippen LogP contribution in [0.25, 0.3) is 0 Å². The summed E-state index contributed by atoms with van der Waals surface area (Å²) in [6.07, 6.45) is 2.85. The molecule has 4 rings (SSSR count). The molecular weight excluding hydrogens is 433 g/mol. The van der Waals surface area contributed by atoms with Gasteiger partial charge >= 0.3 is 0 Å². The molecule has 1 atom stereocenters. The van der Waals surface area contributed by atoms with Gasteiger partial charge in [-0.05, 0) is 80.1 Å². The van der Waals surface area contributed by atoms with Gasteiger partial charge in [0.05, 0.1) is 10.8 Å². The molecular formula is C23H26FN3O4S. The van der Waals surface area contributed by atoms with Gasteiger partial charge in [0.25, 0.3) is 0 Å². The fraction of sp³-hybridized carbons (Fsp3) is 0.391. The van der Waals surface area contributed by atoms with Crippen LogP contribution in [-0.4, -0.2) is 37.6 Å². The summed E-state index contributed by atoms with van der Waals surface area (Å²) in [7, 11) is -3.78. The maximum atomic E-state index is 13.3. The van der Waals surface area contributed by atoms with Crippen molar-refractivity contribution in [3.05, 3.63) is 53.3 Å². The Morgan fingerprint density at radius 3 is 2.75 bits per heavy atom. The number of nitrogens with zero attached hydrogens (tertiary/aromatic N) is 1. The molecule has 170 valence electrons. The standard InChI is InChI=1S/C23H26FN3O4S/c1-15-12-18(24)7-9-20(15)26-23(29)17-5-3-11-27(14-17)32(30,31)19-8-10-21-16(13-19)4-2-6-22(28)25-21/h7-10,12-13,17H,2-6,11,14H2,1H3,(H,25,28)(H,26,29)/t17-/m0/s1. The number of fused-ring (bicyclic) bond motifs is 1. The van der Waals surface area contributed by atoms with Crippen molar-refractivity contribution in [1.29, 1.82) is 0 Å². The highest BCUT2D eigenvalue weighted by Crippen LogP contribution is 2.29. The maximum Gasteiger partial charge on any atom is 0.243 e. The van der Waals surface area contributed by atoms with E-state index in [1.165, 1.54) is 28.6 Å². The summed E-state index contributed by atoms with van der Waals surface area (Å²) in [5.41, 5.74) is 2.58. The van der Waals surface area contributed by atoms with Crippen molar-refractivity contribution >= 4 is 33.2 Å². The third kappa shape index (κ3) is 4.68. The molecule has 1 saturated heterocycles. The van der Waals surface area contributed by atoms with E-state index < -0.39 is 15.9 Å². The van der Waals surface area contributed by atoms with Crippen molar-refractivity contribution in [2.75, 3.05) is 23.7 Å². The number of aryl methyl sites for hydroxylation is 2. The van der Waals surface area contributed by atoms with E-state index in [0.717, 1.165) is 5.56 Å². The predicted molar refractivity (Wildman–Crippen MR) is 119 cm³/mol. The van der Waals surface area contributed by atoms with Gasteiger partial charge in [-0.1, -0.05) is 0 Å². The van der Waals surface area contributed by atoms with E-state index in [1.54, 1.807) is 19.1 Å². The summed E-state index contributed by atoms with van der Waals surface area (Å²) in [5.74, 6) is -1.22. The lowest BCUT2D eigenvalue weighted by Gasteiger charge is -2.31. The molecule has 0 spiro atoms. The van der Waals surface area contributed by atoms with Gasteiger partial charge in [-0.15, -0.1) is 0 Å². The molecule has 2 aliphatic rings. The monoisotopic (exact) mass is 459 g/mol. The molecule has 0 bridgehead atoms. The Kier molecular flexibility index (Phi) is 6.30. The molecule has 2 aromatic rings. The molecule has 32 heavy (non-hydrogen) atoms. The zero-order chi connectivity index (χ0) is 22.9. The van der Waals surface area contributed by atoms with Crippen molar-refractivity contribution in [3.8, 4) is 0 Å². The largest absolute Gasteiger partial charge is 0.326 e. The molecule has 0 unspecified atom stereocenters. The number of amides is 2. The number of rotatable bonds is 4. The summed E-state index contributed by atoms with van der Waals surface area (Å²) in [4.78, 5) is 24.7. The zero-order valence-electron chi connectivity index (χ0n) is 17.9. The number of hydrogen-bond acceptors (Lipinski definition) is 4. The molecule has 2 aliphatic heterocycles. The Balaban J connectivity index is 1.50. The predicted octanol–water partition coefficient (Wildman–Crippen LogP) is 3.45. The van der Waals surface area contributed by atoms with E-state index >= 15 is 0 Å². The number of piperidine rings is 1. The Bertz CT molecular complexity index is 1170. The second-order valence-electron chi connectivity index (χ2n) is 8.37. The molecule has 0 saturated carbocycles. The Morgan fingerprint density at radius 1 is 1.16 bits per heavy atom.